The highest BCUT2D eigenvalue weighted by molar-refractivity contribution is 6.32. The first-order chi connectivity index (χ1) is 15.3. The third-order valence-electron chi connectivity index (χ3n) is 4.42. The summed E-state index contributed by atoms with van der Waals surface area (Å²) >= 11 is 6.27. The van der Waals surface area contributed by atoms with Gasteiger partial charge in [0.05, 0.1) is 25.3 Å². The van der Waals surface area contributed by atoms with Crippen molar-refractivity contribution in [2.75, 3.05) is 20.3 Å². The average molecular weight is 463 g/mol. The molecular formula is C22H20ClFN2O6. The van der Waals surface area contributed by atoms with Gasteiger partial charge in [0.2, 0.25) is 0 Å². The van der Waals surface area contributed by atoms with Crippen LogP contribution in [0.3, 0.4) is 0 Å². The van der Waals surface area contributed by atoms with E-state index in [1.807, 2.05) is 0 Å². The van der Waals surface area contributed by atoms with Crippen molar-refractivity contribution in [2.24, 2.45) is 0 Å². The standard InChI is InChI=1S/C22H20ClFN2O6/c1-3-31-19(27)12-32-20-16(23)8-14(10-18(20)30-2)9-17-21(28)26(22(29)25-17)11-13-4-6-15(24)7-5-13/h4-10H,3,11-12H2,1-2H3,(H,25,29). The molecule has 10 heteroatoms. The molecule has 0 unspecified atom stereocenters. The Morgan fingerprint density at radius 3 is 2.59 bits per heavy atom. The van der Waals surface area contributed by atoms with E-state index in [9.17, 15) is 18.8 Å². The zero-order valence-electron chi connectivity index (χ0n) is 17.3. The summed E-state index contributed by atoms with van der Waals surface area (Å²) in [4.78, 5) is 37.5. The smallest absolute Gasteiger partial charge is 0.344 e. The Morgan fingerprint density at radius 2 is 1.94 bits per heavy atom. The molecule has 3 rings (SSSR count). The molecule has 0 radical (unpaired) electrons. The lowest BCUT2D eigenvalue weighted by Gasteiger charge is -2.13. The zero-order chi connectivity index (χ0) is 23.3. The lowest BCUT2D eigenvalue weighted by atomic mass is 10.1. The van der Waals surface area contributed by atoms with Crippen LogP contribution in [0.5, 0.6) is 11.5 Å². The number of amides is 3. The van der Waals surface area contributed by atoms with Crippen LogP contribution < -0.4 is 14.8 Å². The Kier molecular flexibility index (Phi) is 7.32. The molecule has 1 aliphatic heterocycles. The molecule has 1 fully saturated rings. The second kappa shape index (κ2) is 10.1. The number of urea groups is 1. The van der Waals surface area contributed by atoms with Crippen LogP contribution in [0.25, 0.3) is 6.08 Å². The second-order valence-corrected chi connectivity index (χ2v) is 7.04. The summed E-state index contributed by atoms with van der Waals surface area (Å²) in [6.45, 7) is 1.54. The number of esters is 1. The summed E-state index contributed by atoms with van der Waals surface area (Å²) < 4.78 is 28.6. The number of carbonyl (C=O) groups is 3. The first-order valence-corrected chi connectivity index (χ1v) is 9.95. The van der Waals surface area contributed by atoms with Crippen molar-refractivity contribution in [1.82, 2.24) is 10.2 Å². The molecule has 0 saturated carbocycles. The van der Waals surface area contributed by atoms with Crippen molar-refractivity contribution in [1.29, 1.82) is 0 Å². The molecule has 0 bridgehead atoms. The summed E-state index contributed by atoms with van der Waals surface area (Å²) in [6, 6.07) is 7.95. The Bertz CT molecular complexity index is 1070. The van der Waals surface area contributed by atoms with Crippen LogP contribution in [0.4, 0.5) is 9.18 Å². The maximum atomic E-state index is 13.1. The van der Waals surface area contributed by atoms with Crippen molar-refractivity contribution in [3.05, 3.63) is 64.1 Å². The number of hydrogen-bond donors (Lipinski definition) is 1. The second-order valence-electron chi connectivity index (χ2n) is 6.63. The molecule has 1 heterocycles. The molecule has 1 N–H and O–H groups in total. The van der Waals surface area contributed by atoms with Gasteiger partial charge in [0.1, 0.15) is 11.5 Å². The van der Waals surface area contributed by atoms with Gasteiger partial charge in [0.25, 0.3) is 5.91 Å². The van der Waals surface area contributed by atoms with Gasteiger partial charge in [-0.05, 0) is 48.4 Å². The first-order valence-electron chi connectivity index (χ1n) is 9.57. The van der Waals surface area contributed by atoms with E-state index in [1.165, 1.54) is 43.5 Å². The minimum absolute atomic E-state index is 0.00694. The highest BCUT2D eigenvalue weighted by Gasteiger charge is 2.33. The molecule has 1 saturated heterocycles. The maximum Gasteiger partial charge on any atom is 0.344 e. The molecule has 0 atom stereocenters. The van der Waals surface area contributed by atoms with Crippen LogP contribution in [-0.4, -0.2) is 43.1 Å². The Labute approximate surface area is 188 Å². The van der Waals surface area contributed by atoms with Gasteiger partial charge in [0, 0.05) is 0 Å². The molecule has 32 heavy (non-hydrogen) atoms. The van der Waals surface area contributed by atoms with Crippen molar-refractivity contribution in [3.8, 4) is 11.5 Å². The summed E-state index contributed by atoms with van der Waals surface area (Å²) in [5.74, 6) is -1.14. The number of carbonyl (C=O) groups excluding carboxylic acids is 3. The molecule has 0 aliphatic carbocycles. The lowest BCUT2D eigenvalue weighted by Crippen LogP contribution is -2.30. The van der Waals surface area contributed by atoms with Gasteiger partial charge in [-0.25, -0.2) is 14.0 Å². The maximum absolute atomic E-state index is 13.1. The fraction of sp³-hybridized carbons (Fsp3) is 0.227. The number of nitrogens with zero attached hydrogens (tertiary/aromatic N) is 1. The Balaban J connectivity index is 1.79. The SMILES string of the molecule is CCOC(=O)COc1c(Cl)cc(C=C2NC(=O)N(Cc3ccc(F)cc3)C2=O)cc1OC. The first kappa shape index (κ1) is 23.1. The van der Waals surface area contributed by atoms with Crippen molar-refractivity contribution in [2.45, 2.75) is 13.5 Å². The molecule has 3 amide bonds. The third kappa shape index (κ3) is 5.36. The van der Waals surface area contributed by atoms with Gasteiger partial charge >= 0.3 is 12.0 Å². The number of ether oxygens (including phenoxy) is 3. The molecule has 1 aliphatic rings. The minimum atomic E-state index is -0.599. The predicted molar refractivity (Wildman–Crippen MR) is 114 cm³/mol. The van der Waals surface area contributed by atoms with E-state index in [-0.39, 0.29) is 42.0 Å². The topological polar surface area (TPSA) is 94.2 Å². The van der Waals surface area contributed by atoms with Crippen LogP contribution in [-0.2, 0) is 20.9 Å². The van der Waals surface area contributed by atoms with E-state index >= 15 is 0 Å². The number of rotatable bonds is 8. The molecule has 2 aromatic carbocycles. The van der Waals surface area contributed by atoms with Crippen LogP contribution >= 0.6 is 11.6 Å². The Hall–Kier alpha value is -3.59. The number of imide groups is 1. The van der Waals surface area contributed by atoms with E-state index < -0.39 is 23.7 Å². The molecular weight excluding hydrogens is 443 g/mol. The van der Waals surface area contributed by atoms with Crippen molar-refractivity contribution in [3.63, 3.8) is 0 Å². The van der Waals surface area contributed by atoms with E-state index in [4.69, 9.17) is 25.8 Å². The summed E-state index contributed by atoms with van der Waals surface area (Å²) in [6.07, 6.45) is 1.44. The summed E-state index contributed by atoms with van der Waals surface area (Å²) in [5.41, 5.74) is 1.10. The van der Waals surface area contributed by atoms with Crippen LogP contribution in [0.2, 0.25) is 5.02 Å². The minimum Gasteiger partial charge on any atom is -0.493 e. The highest BCUT2D eigenvalue weighted by atomic mass is 35.5. The Morgan fingerprint density at radius 1 is 1.22 bits per heavy atom. The molecule has 2 aromatic rings. The largest absolute Gasteiger partial charge is 0.493 e. The van der Waals surface area contributed by atoms with Gasteiger partial charge in [-0.1, -0.05) is 23.7 Å². The number of halogens is 2. The molecule has 0 aromatic heterocycles. The van der Waals surface area contributed by atoms with E-state index in [0.717, 1.165) is 4.90 Å². The molecule has 8 nitrogen and oxygen atoms in total. The molecule has 0 spiro atoms. The van der Waals surface area contributed by atoms with E-state index in [1.54, 1.807) is 13.0 Å². The normalized spacial score (nSPS) is 14.5. The lowest BCUT2D eigenvalue weighted by molar-refractivity contribution is -0.145. The van der Waals surface area contributed by atoms with Gasteiger partial charge in [0.15, 0.2) is 18.1 Å². The quantitative estimate of drug-likeness (QED) is 0.366. The van der Waals surface area contributed by atoms with Gasteiger partial charge in [-0.2, -0.15) is 0 Å². The van der Waals surface area contributed by atoms with Gasteiger partial charge in [-0.3, -0.25) is 9.69 Å². The predicted octanol–water partition coefficient (Wildman–Crippen LogP) is 3.52. The van der Waals surface area contributed by atoms with Gasteiger partial charge in [-0.15, -0.1) is 0 Å². The number of hydrogen-bond acceptors (Lipinski definition) is 6. The fourth-order valence-electron chi connectivity index (χ4n) is 2.95. The monoisotopic (exact) mass is 462 g/mol. The van der Waals surface area contributed by atoms with Crippen molar-refractivity contribution >= 4 is 35.6 Å². The average Bonchev–Trinajstić information content (AvgIpc) is 3.01. The number of nitrogens with one attached hydrogen (secondary N) is 1. The highest BCUT2D eigenvalue weighted by Crippen LogP contribution is 2.37. The molecule has 168 valence electrons. The third-order valence-corrected chi connectivity index (χ3v) is 4.70. The van der Waals surface area contributed by atoms with Crippen LogP contribution in [0, 0.1) is 5.82 Å². The van der Waals surface area contributed by atoms with Crippen molar-refractivity contribution < 1.29 is 33.0 Å². The van der Waals surface area contributed by atoms with E-state index in [2.05, 4.69) is 5.32 Å². The number of methoxy groups -OCH3 is 1. The number of benzene rings is 2. The van der Waals surface area contributed by atoms with Crippen LogP contribution in [0.1, 0.15) is 18.1 Å². The van der Waals surface area contributed by atoms with Crippen LogP contribution in [0.15, 0.2) is 42.1 Å². The zero-order valence-corrected chi connectivity index (χ0v) is 18.1. The van der Waals surface area contributed by atoms with Gasteiger partial charge < -0.3 is 19.5 Å². The summed E-state index contributed by atoms with van der Waals surface area (Å²) in [7, 11) is 1.40. The summed E-state index contributed by atoms with van der Waals surface area (Å²) in [5, 5.41) is 2.65. The van der Waals surface area contributed by atoms with E-state index in [0.29, 0.717) is 11.1 Å². The fourth-order valence-corrected chi connectivity index (χ4v) is 3.22.